The number of primary amides is 1. The molecular weight excluding hydrogens is 296 g/mol. The molecule has 3 amide bonds. The molecule has 2 aliphatic rings. The average molecular weight is 314 g/mol. The van der Waals surface area contributed by atoms with E-state index in [4.69, 9.17) is 5.73 Å². The molecule has 0 radical (unpaired) electrons. The van der Waals surface area contributed by atoms with Gasteiger partial charge in [-0.05, 0) is 11.1 Å². The Morgan fingerprint density at radius 3 is 2.57 bits per heavy atom. The molecule has 1 aromatic rings. The van der Waals surface area contributed by atoms with Crippen molar-refractivity contribution in [3.8, 4) is 0 Å². The lowest BCUT2D eigenvalue weighted by molar-refractivity contribution is -0.136. The number of carbonyl (C=O) groups is 3. The molecule has 23 heavy (non-hydrogen) atoms. The molecule has 1 atom stereocenters. The molecule has 1 aromatic carbocycles. The smallest absolute Gasteiger partial charge is 0.271 e. The lowest BCUT2D eigenvalue weighted by Gasteiger charge is -2.35. The second-order valence-corrected chi connectivity index (χ2v) is 5.79. The van der Waals surface area contributed by atoms with Gasteiger partial charge in [-0.1, -0.05) is 24.3 Å². The van der Waals surface area contributed by atoms with E-state index in [1.807, 2.05) is 24.3 Å². The number of hydrogen-bond donors (Lipinski definition) is 1. The number of rotatable bonds is 2. The summed E-state index contributed by atoms with van der Waals surface area (Å²) in [6, 6.07) is 6.99. The van der Waals surface area contributed by atoms with Gasteiger partial charge in [0, 0.05) is 32.9 Å². The number of hydrogen-bond acceptors (Lipinski definition) is 4. The highest BCUT2D eigenvalue weighted by Crippen LogP contribution is 2.24. The van der Waals surface area contributed by atoms with Crippen LogP contribution in [-0.4, -0.2) is 46.4 Å². The zero-order valence-electron chi connectivity index (χ0n) is 12.9. The van der Waals surface area contributed by atoms with Crippen molar-refractivity contribution >= 4 is 23.4 Å². The fraction of sp³-hybridized carbons (Fsp3) is 0.375. The lowest BCUT2D eigenvalue weighted by atomic mass is 9.93. The van der Waals surface area contributed by atoms with Crippen LogP contribution < -0.4 is 5.73 Å². The van der Waals surface area contributed by atoms with Crippen LogP contribution in [0.3, 0.4) is 0 Å². The molecule has 0 fully saturated rings. The predicted octanol–water partition coefficient (Wildman–Crippen LogP) is 0.0334. The normalized spacial score (nSPS) is 20.8. The monoisotopic (exact) mass is 314 g/mol. The van der Waals surface area contributed by atoms with E-state index in [1.165, 1.54) is 17.0 Å². The van der Waals surface area contributed by atoms with Gasteiger partial charge in [-0.25, -0.2) is 5.01 Å². The molecule has 0 spiro atoms. The molecule has 0 aliphatic carbocycles. The summed E-state index contributed by atoms with van der Waals surface area (Å²) in [6.45, 7) is 0.319. The summed E-state index contributed by atoms with van der Waals surface area (Å²) in [7, 11) is 1.52. The van der Waals surface area contributed by atoms with E-state index in [0.29, 0.717) is 13.0 Å². The van der Waals surface area contributed by atoms with Gasteiger partial charge in [-0.15, -0.1) is 0 Å². The first-order valence-corrected chi connectivity index (χ1v) is 7.48. The van der Waals surface area contributed by atoms with E-state index in [-0.39, 0.29) is 30.4 Å². The molecule has 7 heteroatoms. The first kappa shape index (κ1) is 15.2. The second kappa shape index (κ2) is 5.83. The first-order chi connectivity index (χ1) is 11.0. The maximum Gasteiger partial charge on any atom is 0.271 e. The third-order valence-corrected chi connectivity index (χ3v) is 4.29. The Morgan fingerprint density at radius 1 is 1.22 bits per heavy atom. The molecule has 7 nitrogen and oxygen atoms in total. The van der Waals surface area contributed by atoms with Crippen molar-refractivity contribution in [1.82, 2.24) is 9.91 Å². The van der Waals surface area contributed by atoms with Gasteiger partial charge in [-0.2, -0.15) is 5.10 Å². The van der Waals surface area contributed by atoms with Crippen molar-refractivity contribution in [3.05, 3.63) is 35.4 Å². The molecule has 0 saturated heterocycles. The summed E-state index contributed by atoms with van der Waals surface area (Å²) in [5.41, 5.74) is 7.81. The number of nitrogens with zero attached hydrogens (tertiary/aromatic N) is 3. The molecule has 120 valence electrons. The zero-order valence-corrected chi connectivity index (χ0v) is 12.9. The maximum atomic E-state index is 12.8. The SMILES string of the molecule is CN1N=C(C(=O)N2Cc3ccccc3C[C@H]2C(N)=O)CCC1=O. The van der Waals surface area contributed by atoms with Crippen LogP contribution >= 0.6 is 0 Å². The fourth-order valence-corrected chi connectivity index (χ4v) is 2.98. The molecule has 0 bridgehead atoms. The largest absolute Gasteiger partial charge is 0.368 e. The Balaban J connectivity index is 1.91. The van der Waals surface area contributed by atoms with Crippen molar-refractivity contribution in [2.75, 3.05) is 7.05 Å². The van der Waals surface area contributed by atoms with Crippen LogP contribution in [0.1, 0.15) is 24.0 Å². The number of carbonyl (C=O) groups excluding carboxylic acids is 3. The van der Waals surface area contributed by atoms with Gasteiger partial charge in [0.2, 0.25) is 11.8 Å². The Labute approximate surface area is 133 Å². The topological polar surface area (TPSA) is 96.1 Å². The van der Waals surface area contributed by atoms with Crippen LogP contribution in [0.2, 0.25) is 0 Å². The van der Waals surface area contributed by atoms with Crippen LogP contribution in [0.4, 0.5) is 0 Å². The molecule has 3 rings (SSSR count). The predicted molar refractivity (Wildman–Crippen MR) is 83.1 cm³/mol. The van der Waals surface area contributed by atoms with E-state index in [1.54, 1.807) is 0 Å². The Morgan fingerprint density at radius 2 is 1.91 bits per heavy atom. The zero-order chi connectivity index (χ0) is 16.6. The van der Waals surface area contributed by atoms with Gasteiger partial charge >= 0.3 is 0 Å². The summed E-state index contributed by atoms with van der Waals surface area (Å²) in [5, 5.41) is 5.22. The van der Waals surface area contributed by atoms with Gasteiger partial charge in [0.05, 0.1) is 0 Å². The maximum absolute atomic E-state index is 12.8. The molecule has 0 unspecified atom stereocenters. The number of hydrazone groups is 1. The number of benzene rings is 1. The number of nitrogens with two attached hydrogens (primary N) is 1. The van der Waals surface area contributed by atoms with Crippen molar-refractivity contribution in [2.45, 2.75) is 31.8 Å². The Hall–Kier alpha value is -2.70. The van der Waals surface area contributed by atoms with Crippen molar-refractivity contribution in [3.63, 3.8) is 0 Å². The van der Waals surface area contributed by atoms with E-state index in [2.05, 4.69) is 5.10 Å². The van der Waals surface area contributed by atoms with Gasteiger partial charge in [-0.3, -0.25) is 14.4 Å². The van der Waals surface area contributed by atoms with E-state index < -0.39 is 11.9 Å². The standard InChI is InChI=1S/C16H18N4O3/c1-19-14(21)7-6-12(18-19)16(23)20-9-11-5-3-2-4-10(11)8-13(20)15(17)22/h2-5,13H,6-9H2,1H3,(H2,17,22)/t13-/m0/s1. The van der Waals surface area contributed by atoms with Crippen LogP contribution in [0.25, 0.3) is 0 Å². The van der Waals surface area contributed by atoms with Crippen LogP contribution in [0, 0.1) is 0 Å². The summed E-state index contributed by atoms with van der Waals surface area (Å²) in [4.78, 5) is 37.5. The van der Waals surface area contributed by atoms with Gasteiger partial charge in [0.1, 0.15) is 11.8 Å². The molecular formula is C16H18N4O3. The van der Waals surface area contributed by atoms with Crippen molar-refractivity contribution in [1.29, 1.82) is 0 Å². The summed E-state index contributed by atoms with van der Waals surface area (Å²) >= 11 is 0. The quantitative estimate of drug-likeness (QED) is 0.834. The highest BCUT2D eigenvalue weighted by molar-refractivity contribution is 6.39. The van der Waals surface area contributed by atoms with Crippen LogP contribution in [-0.2, 0) is 27.3 Å². The fourth-order valence-electron chi connectivity index (χ4n) is 2.98. The third-order valence-electron chi connectivity index (χ3n) is 4.29. The molecule has 2 heterocycles. The lowest BCUT2D eigenvalue weighted by Crippen LogP contribution is -2.53. The second-order valence-electron chi connectivity index (χ2n) is 5.79. The Bertz CT molecular complexity index is 713. The van der Waals surface area contributed by atoms with Crippen molar-refractivity contribution in [2.24, 2.45) is 10.8 Å². The van der Waals surface area contributed by atoms with Crippen molar-refractivity contribution < 1.29 is 14.4 Å². The van der Waals surface area contributed by atoms with Gasteiger partial charge < -0.3 is 10.6 Å². The summed E-state index contributed by atoms with van der Waals surface area (Å²) in [5.74, 6) is -0.992. The first-order valence-electron chi connectivity index (χ1n) is 7.48. The van der Waals surface area contributed by atoms with Gasteiger partial charge in [0.25, 0.3) is 5.91 Å². The molecule has 0 aromatic heterocycles. The highest BCUT2D eigenvalue weighted by atomic mass is 16.2. The van der Waals surface area contributed by atoms with E-state index >= 15 is 0 Å². The number of amides is 3. The number of fused-ring (bicyclic) bond motifs is 1. The third kappa shape index (κ3) is 2.81. The van der Waals surface area contributed by atoms with E-state index in [9.17, 15) is 14.4 Å². The minimum atomic E-state index is -0.692. The molecule has 0 saturated carbocycles. The molecule has 2 N–H and O–H groups in total. The Kier molecular flexibility index (Phi) is 3.85. The summed E-state index contributed by atoms with van der Waals surface area (Å²) < 4.78 is 0. The minimum absolute atomic E-state index is 0.128. The molecule has 2 aliphatic heterocycles. The minimum Gasteiger partial charge on any atom is -0.368 e. The van der Waals surface area contributed by atoms with Crippen LogP contribution in [0.15, 0.2) is 29.4 Å². The van der Waals surface area contributed by atoms with Gasteiger partial charge in [0.15, 0.2) is 0 Å². The van der Waals surface area contributed by atoms with E-state index in [0.717, 1.165) is 11.1 Å². The summed E-state index contributed by atoms with van der Waals surface area (Å²) in [6.07, 6.45) is 0.928. The van der Waals surface area contributed by atoms with Crippen LogP contribution in [0.5, 0.6) is 0 Å². The highest BCUT2D eigenvalue weighted by Gasteiger charge is 2.36. The average Bonchev–Trinajstić information content (AvgIpc) is 2.55.